The maximum absolute atomic E-state index is 13.4. The Morgan fingerprint density at radius 1 is 1.17 bits per heavy atom. The molecule has 150 valence electrons. The van der Waals surface area contributed by atoms with Gasteiger partial charge in [0.1, 0.15) is 5.82 Å². The van der Waals surface area contributed by atoms with Gasteiger partial charge >= 0.3 is 11.9 Å². The van der Waals surface area contributed by atoms with E-state index in [0.29, 0.717) is 11.1 Å². The number of cyclic esters (lactones) is 1. The topological polar surface area (TPSA) is 83.4 Å². The van der Waals surface area contributed by atoms with Crippen LogP contribution in [0.1, 0.15) is 24.5 Å². The second-order valence-electron chi connectivity index (χ2n) is 5.93. The number of rotatable bonds is 6. The van der Waals surface area contributed by atoms with Crippen LogP contribution in [0.2, 0.25) is 0 Å². The van der Waals surface area contributed by atoms with Crippen molar-refractivity contribution in [1.29, 1.82) is 0 Å². The molecule has 1 heterocycles. The molecule has 1 aliphatic rings. The highest BCUT2D eigenvalue weighted by Crippen LogP contribution is 2.39. The first-order chi connectivity index (χ1) is 13.9. The van der Waals surface area contributed by atoms with E-state index in [-0.39, 0.29) is 35.3 Å². The summed E-state index contributed by atoms with van der Waals surface area (Å²) in [4.78, 5) is 28.0. The summed E-state index contributed by atoms with van der Waals surface area (Å²) in [7, 11) is 2.83. The number of halogens is 1. The molecule has 0 aromatic heterocycles. The zero-order valence-corrected chi connectivity index (χ0v) is 16.0. The van der Waals surface area contributed by atoms with Crippen LogP contribution in [-0.2, 0) is 14.3 Å². The van der Waals surface area contributed by atoms with Crippen molar-refractivity contribution in [1.82, 2.24) is 0 Å². The van der Waals surface area contributed by atoms with Gasteiger partial charge in [0, 0.05) is 12.0 Å². The van der Waals surface area contributed by atoms with Gasteiger partial charge in [-0.3, -0.25) is 4.79 Å². The summed E-state index contributed by atoms with van der Waals surface area (Å²) >= 11 is 0. The number of carbonyl (C=O) groups excluding carboxylic acids is 2. The lowest BCUT2D eigenvalue weighted by Crippen LogP contribution is -2.08. The minimum atomic E-state index is -0.677. The van der Waals surface area contributed by atoms with Crippen molar-refractivity contribution in [3.63, 3.8) is 0 Å². The van der Waals surface area contributed by atoms with E-state index in [1.165, 1.54) is 38.5 Å². The van der Waals surface area contributed by atoms with E-state index in [1.54, 1.807) is 25.1 Å². The fourth-order valence-corrected chi connectivity index (χ4v) is 2.58. The molecule has 0 saturated heterocycles. The van der Waals surface area contributed by atoms with Gasteiger partial charge in [-0.05, 0) is 42.0 Å². The molecule has 2 aromatic rings. The number of nitrogens with zero attached hydrogens (tertiary/aromatic N) is 1. The molecule has 0 spiro atoms. The van der Waals surface area contributed by atoms with E-state index in [9.17, 15) is 14.0 Å². The Morgan fingerprint density at radius 2 is 1.86 bits per heavy atom. The molecule has 8 heteroatoms. The molecule has 1 aliphatic heterocycles. The normalized spacial score (nSPS) is 14.4. The minimum absolute atomic E-state index is 0.00757. The number of benzene rings is 2. The molecular weight excluding hydrogens is 381 g/mol. The molecule has 29 heavy (non-hydrogen) atoms. The summed E-state index contributed by atoms with van der Waals surface area (Å²) in [6, 6.07) is 8.71. The largest absolute Gasteiger partial charge is 0.493 e. The van der Waals surface area contributed by atoms with Crippen LogP contribution in [0.25, 0.3) is 6.08 Å². The van der Waals surface area contributed by atoms with E-state index >= 15 is 0 Å². The number of ether oxygens (including phenoxy) is 4. The Bertz CT molecular complexity index is 1000. The monoisotopic (exact) mass is 399 g/mol. The van der Waals surface area contributed by atoms with Gasteiger partial charge in [-0.25, -0.2) is 14.2 Å². The summed E-state index contributed by atoms with van der Waals surface area (Å²) in [5.41, 5.74) is 0.872. The molecule has 0 fully saturated rings. The van der Waals surface area contributed by atoms with Crippen LogP contribution in [0.3, 0.4) is 0 Å². The molecule has 2 aromatic carbocycles. The summed E-state index contributed by atoms with van der Waals surface area (Å²) < 4.78 is 34.4. The number of carbonyl (C=O) groups is 2. The summed E-state index contributed by atoms with van der Waals surface area (Å²) in [5.74, 6) is -0.946. The molecule has 0 aliphatic carbocycles. The van der Waals surface area contributed by atoms with E-state index in [1.807, 2.05) is 0 Å². The lowest BCUT2D eigenvalue weighted by molar-refractivity contribution is -0.134. The number of esters is 2. The van der Waals surface area contributed by atoms with Crippen LogP contribution in [-0.4, -0.2) is 32.1 Å². The van der Waals surface area contributed by atoms with Gasteiger partial charge in [0.2, 0.25) is 11.6 Å². The lowest BCUT2D eigenvalue weighted by atomic mass is 10.1. The first-order valence-electron chi connectivity index (χ1n) is 8.70. The fraction of sp³-hybridized carbons (Fsp3) is 0.190. The zero-order valence-electron chi connectivity index (χ0n) is 16.0. The average Bonchev–Trinajstić information content (AvgIpc) is 3.08. The van der Waals surface area contributed by atoms with Crippen LogP contribution in [0, 0.1) is 5.82 Å². The number of hydrogen-bond acceptors (Lipinski definition) is 7. The molecule has 0 N–H and O–H groups in total. The average molecular weight is 399 g/mol. The Balaban J connectivity index is 1.99. The molecular formula is C21H18FNO6. The Morgan fingerprint density at radius 3 is 2.45 bits per heavy atom. The fourth-order valence-electron chi connectivity index (χ4n) is 2.58. The zero-order chi connectivity index (χ0) is 21.0. The van der Waals surface area contributed by atoms with Crippen molar-refractivity contribution < 1.29 is 32.9 Å². The predicted octanol–water partition coefficient (Wildman–Crippen LogP) is 3.50. The highest BCUT2D eigenvalue weighted by molar-refractivity contribution is 6.12. The van der Waals surface area contributed by atoms with Gasteiger partial charge in [0.15, 0.2) is 17.2 Å². The lowest BCUT2D eigenvalue weighted by Gasteiger charge is -2.13. The third-order valence-corrected chi connectivity index (χ3v) is 3.98. The van der Waals surface area contributed by atoms with E-state index in [4.69, 9.17) is 18.9 Å². The van der Waals surface area contributed by atoms with Crippen LogP contribution in [0.15, 0.2) is 47.1 Å². The van der Waals surface area contributed by atoms with Gasteiger partial charge in [0.05, 0.1) is 14.2 Å². The maximum atomic E-state index is 13.4. The van der Waals surface area contributed by atoms with E-state index in [0.717, 1.165) is 0 Å². The predicted molar refractivity (Wildman–Crippen MR) is 102 cm³/mol. The Kier molecular flexibility index (Phi) is 5.92. The first kappa shape index (κ1) is 20.1. The highest BCUT2D eigenvalue weighted by Gasteiger charge is 2.25. The first-order valence-corrected chi connectivity index (χ1v) is 8.70. The van der Waals surface area contributed by atoms with Crippen LogP contribution < -0.4 is 14.2 Å². The maximum Gasteiger partial charge on any atom is 0.363 e. The van der Waals surface area contributed by atoms with E-state index in [2.05, 4.69) is 4.99 Å². The minimum Gasteiger partial charge on any atom is -0.493 e. The third kappa shape index (κ3) is 4.43. The molecule has 0 saturated carbocycles. The number of methoxy groups -OCH3 is 2. The van der Waals surface area contributed by atoms with Crippen molar-refractivity contribution in [3.05, 3.63) is 59.0 Å². The number of hydrogen-bond donors (Lipinski definition) is 0. The SMILES string of the molecule is CCC(=O)Oc1c(OC)cc(C=C2N=C(c3cccc(F)c3)OC2=O)cc1OC. The van der Waals surface area contributed by atoms with Gasteiger partial charge in [-0.15, -0.1) is 0 Å². The molecule has 3 rings (SSSR count). The second kappa shape index (κ2) is 8.55. The smallest absolute Gasteiger partial charge is 0.363 e. The molecule has 0 unspecified atom stereocenters. The summed E-state index contributed by atoms with van der Waals surface area (Å²) in [5, 5.41) is 0. The Hall–Kier alpha value is -3.68. The van der Waals surface area contributed by atoms with Crippen molar-refractivity contribution >= 4 is 23.9 Å². The van der Waals surface area contributed by atoms with Gasteiger partial charge in [-0.2, -0.15) is 0 Å². The molecule has 0 amide bonds. The molecule has 7 nitrogen and oxygen atoms in total. The van der Waals surface area contributed by atoms with Crippen molar-refractivity contribution in [2.45, 2.75) is 13.3 Å². The van der Waals surface area contributed by atoms with Crippen LogP contribution >= 0.6 is 0 Å². The Labute approximate surface area is 166 Å². The second-order valence-corrected chi connectivity index (χ2v) is 5.93. The molecule has 0 bridgehead atoms. The van der Waals surface area contributed by atoms with Crippen LogP contribution in [0.4, 0.5) is 4.39 Å². The molecule has 0 atom stereocenters. The van der Waals surface area contributed by atoms with Crippen molar-refractivity contribution in [3.8, 4) is 17.2 Å². The van der Waals surface area contributed by atoms with Crippen LogP contribution in [0.5, 0.6) is 17.2 Å². The summed E-state index contributed by atoms with van der Waals surface area (Å²) in [6.07, 6.45) is 1.65. The highest BCUT2D eigenvalue weighted by atomic mass is 19.1. The van der Waals surface area contributed by atoms with Crippen molar-refractivity contribution in [2.75, 3.05) is 14.2 Å². The summed E-state index contributed by atoms with van der Waals surface area (Å²) in [6.45, 7) is 1.67. The van der Waals surface area contributed by atoms with Gasteiger partial charge in [-0.1, -0.05) is 13.0 Å². The van der Waals surface area contributed by atoms with Gasteiger partial charge < -0.3 is 18.9 Å². The van der Waals surface area contributed by atoms with E-state index < -0.39 is 17.8 Å². The standard InChI is InChI=1S/C21H18FNO6/c1-4-18(24)28-19-16(26-2)9-12(10-17(19)27-3)8-15-21(25)29-20(23-15)13-6-5-7-14(22)11-13/h5-11H,4H2,1-3H3. The van der Waals surface area contributed by atoms with Gasteiger partial charge in [0.25, 0.3) is 0 Å². The van der Waals surface area contributed by atoms with Crippen molar-refractivity contribution in [2.24, 2.45) is 4.99 Å². The molecule has 0 radical (unpaired) electrons. The quantitative estimate of drug-likeness (QED) is 0.420. The number of aliphatic imine (C=N–C) groups is 1. The third-order valence-electron chi connectivity index (χ3n) is 3.98.